The van der Waals surface area contributed by atoms with Gasteiger partial charge in [0.1, 0.15) is 5.75 Å². The first-order chi connectivity index (χ1) is 12.2. The van der Waals surface area contributed by atoms with Gasteiger partial charge in [-0.25, -0.2) is 4.90 Å². The summed E-state index contributed by atoms with van der Waals surface area (Å²) in [7, 11) is 0. The molecule has 0 N–H and O–H groups in total. The molecular weight excluding hydrogens is 314 g/mol. The fraction of sp³-hybridized carbons (Fsp3) is 0.524. The molecule has 1 aromatic rings. The summed E-state index contributed by atoms with van der Waals surface area (Å²) in [6.45, 7) is 2.86. The number of allylic oxidation sites excluding steroid dienone is 2. The highest BCUT2D eigenvalue weighted by molar-refractivity contribution is 6.22. The number of rotatable bonds is 7. The first-order valence-electron chi connectivity index (χ1n) is 9.49. The molecule has 0 spiro atoms. The molecule has 0 aromatic heterocycles. The van der Waals surface area contributed by atoms with Crippen LogP contribution < -0.4 is 9.64 Å². The number of fused-ring (bicyclic) bond motifs is 5. The van der Waals surface area contributed by atoms with Crippen LogP contribution in [0.25, 0.3) is 0 Å². The normalized spacial score (nSPS) is 29.6. The van der Waals surface area contributed by atoms with Crippen LogP contribution in [0.2, 0.25) is 0 Å². The number of hydrogen-bond acceptors (Lipinski definition) is 3. The van der Waals surface area contributed by atoms with Crippen molar-refractivity contribution in [2.45, 2.75) is 39.0 Å². The third-order valence-corrected chi connectivity index (χ3v) is 5.81. The average molecular weight is 339 g/mol. The average Bonchev–Trinajstić information content (AvgIpc) is 3.29. The third-order valence-electron chi connectivity index (χ3n) is 5.81. The lowest BCUT2D eigenvalue weighted by Gasteiger charge is -2.18. The van der Waals surface area contributed by atoms with E-state index in [1.165, 1.54) is 24.2 Å². The van der Waals surface area contributed by atoms with Crippen molar-refractivity contribution in [2.24, 2.45) is 23.7 Å². The first-order valence-corrected chi connectivity index (χ1v) is 9.49. The summed E-state index contributed by atoms with van der Waals surface area (Å²) in [6, 6.07) is 7.40. The number of imide groups is 1. The highest BCUT2D eigenvalue weighted by atomic mass is 16.5. The minimum absolute atomic E-state index is 0.0352. The second-order valence-electron chi connectivity index (χ2n) is 7.42. The topological polar surface area (TPSA) is 46.6 Å². The fourth-order valence-corrected chi connectivity index (χ4v) is 4.59. The van der Waals surface area contributed by atoms with Crippen molar-refractivity contribution >= 4 is 17.5 Å². The zero-order valence-electron chi connectivity index (χ0n) is 14.7. The van der Waals surface area contributed by atoms with E-state index in [1.54, 1.807) is 0 Å². The van der Waals surface area contributed by atoms with Crippen molar-refractivity contribution < 1.29 is 14.3 Å². The Morgan fingerprint density at radius 3 is 2.44 bits per heavy atom. The van der Waals surface area contributed by atoms with E-state index in [0.717, 1.165) is 18.6 Å². The highest BCUT2D eigenvalue weighted by Crippen LogP contribution is 2.53. The Bertz CT molecular complexity index is 681. The molecule has 4 rings (SSSR count). The smallest absolute Gasteiger partial charge is 0.238 e. The number of amides is 2. The number of ether oxygens (including phenoxy) is 1. The highest BCUT2D eigenvalue weighted by Gasteiger charge is 2.59. The Hall–Kier alpha value is -2.10. The summed E-state index contributed by atoms with van der Waals surface area (Å²) in [5.41, 5.74) is 0.648. The van der Waals surface area contributed by atoms with Crippen LogP contribution in [0.4, 0.5) is 5.69 Å². The fourth-order valence-electron chi connectivity index (χ4n) is 4.59. The molecular formula is C21H25NO3. The van der Waals surface area contributed by atoms with E-state index in [0.29, 0.717) is 12.3 Å². The Morgan fingerprint density at radius 2 is 1.76 bits per heavy atom. The second kappa shape index (κ2) is 6.66. The van der Waals surface area contributed by atoms with E-state index < -0.39 is 0 Å². The van der Waals surface area contributed by atoms with Crippen LogP contribution in [-0.4, -0.2) is 18.4 Å². The van der Waals surface area contributed by atoms with Gasteiger partial charge in [-0.3, -0.25) is 9.59 Å². The molecule has 132 valence electrons. The number of anilines is 1. The van der Waals surface area contributed by atoms with Gasteiger partial charge in [0.2, 0.25) is 11.8 Å². The summed E-state index contributed by atoms with van der Waals surface area (Å²) in [5.74, 6) is 0.845. The van der Waals surface area contributed by atoms with Crippen molar-refractivity contribution in [1.29, 1.82) is 0 Å². The molecule has 2 amide bonds. The lowest BCUT2D eigenvalue weighted by molar-refractivity contribution is -0.123. The number of carbonyl (C=O) groups excluding carboxylic acids is 2. The van der Waals surface area contributed by atoms with Crippen LogP contribution in [0.15, 0.2) is 36.4 Å². The molecule has 0 radical (unpaired) electrons. The van der Waals surface area contributed by atoms with Crippen LogP contribution in [-0.2, 0) is 9.59 Å². The zero-order chi connectivity index (χ0) is 17.4. The van der Waals surface area contributed by atoms with E-state index in [2.05, 4.69) is 19.1 Å². The van der Waals surface area contributed by atoms with Gasteiger partial charge in [0.25, 0.3) is 0 Å². The second-order valence-corrected chi connectivity index (χ2v) is 7.42. The Morgan fingerprint density at radius 1 is 1.04 bits per heavy atom. The molecule has 4 nitrogen and oxygen atoms in total. The molecule has 1 aromatic carbocycles. The molecule has 0 unspecified atom stereocenters. The summed E-state index contributed by atoms with van der Waals surface area (Å²) < 4.78 is 5.81. The lowest BCUT2D eigenvalue weighted by atomic mass is 9.85. The number of benzene rings is 1. The largest absolute Gasteiger partial charge is 0.494 e. The lowest BCUT2D eigenvalue weighted by Crippen LogP contribution is -2.32. The van der Waals surface area contributed by atoms with Gasteiger partial charge >= 0.3 is 0 Å². The molecule has 1 saturated carbocycles. The van der Waals surface area contributed by atoms with Gasteiger partial charge in [-0.05, 0) is 36.8 Å². The molecule has 2 bridgehead atoms. The maximum Gasteiger partial charge on any atom is 0.238 e. The molecule has 3 aliphatic rings. The third kappa shape index (κ3) is 2.78. The molecule has 1 aliphatic heterocycles. The first kappa shape index (κ1) is 16.4. The quantitative estimate of drug-likeness (QED) is 0.429. The van der Waals surface area contributed by atoms with Gasteiger partial charge in [-0.1, -0.05) is 44.4 Å². The Kier molecular flexibility index (Phi) is 4.36. The van der Waals surface area contributed by atoms with Crippen molar-refractivity contribution in [1.82, 2.24) is 0 Å². The minimum atomic E-state index is -0.152. The predicted octanol–water partition coefficient (Wildman–Crippen LogP) is 3.96. The maximum atomic E-state index is 12.9. The summed E-state index contributed by atoms with van der Waals surface area (Å²) in [6.07, 6.45) is 9.82. The zero-order valence-corrected chi connectivity index (χ0v) is 14.7. The molecule has 2 fully saturated rings. The van der Waals surface area contributed by atoms with Crippen molar-refractivity contribution in [3.8, 4) is 5.75 Å². The Balaban J connectivity index is 1.46. The number of carbonyl (C=O) groups is 2. The van der Waals surface area contributed by atoms with Crippen molar-refractivity contribution in [3.63, 3.8) is 0 Å². The van der Waals surface area contributed by atoms with Gasteiger partial charge in [-0.15, -0.1) is 0 Å². The van der Waals surface area contributed by atoms with E-state index in [-0.39, 0.29) is 35.5 Å². The van der Waals surface area contributed by atoms with Gasteiger partial charge < -0.3 is 4.74 Å². The standard InChI is InChI=1S/C21H25NO3/c1-2-3-4-5-11-25-17-8-6-7-16(13-17)22-20(23)18-14-9-10-15(12-14)19(18)21(22)24/h6-10,13-15,18-19H,2-5,11-12H2,1H3/t14-,15+,18-,19-/m0/s1. The SMILES string of the molecule is CCCCCCOc1cccc(N2C(=O)[C@@H]3[C@@H](C2=O)[C@H]2C=C[C@@H]3C2)c1. The van der Waals surface area contributed by atoms with E-state index in [1.807, 2.05) is 24.3 Å². The van der Waals surface area contributed by atoms with Crippen molar-refractivity contribution in [2.75, 3.05) is 11.5 Å². The van der Waals surface area contributed by atoms with E-state index >= 15 is 0 Å². The van der Waals surface area contributed by atoms with Crippen LogP contribution in [0.1, 0.15) is 39.0 Å². The predicted molar refractivity (Wildman–Crippen MR) is 96.3 cm³/mol. The van der Waals surface area contributed by atoms with Crippen LogP contribution >= 0.6 is 0 Å². The van der Waals surface area contributed by atoms with Crippen LogP contribution in [0.5, 0.6) is 5.75 Å². The summed E-state index contributed by atoms with van der Waals surface area (Å²) >= 11 is 0. The molecule has 4 atom stereocenters. The molecule has 25 heavy (non-hydrogen) atoms. The van der Waals surface area contributed by atoms with Gasteiger partial charge in [0, 0.05) is 6.07 Å². The number of nitrogens with zero attached hydrogens (tertiary/aromatic N) is 1. The Labute approximate surface area is 148 Å². The summed E-state index contributed by atoms with van der Waals surface area (Å²) in [4.78, 5) is 27.1. The van der Waals surface area contributed by atoms with Gasteiger partial charge in [-0.2, -0.15) is 0 Å². The van der Waals surface area contributed by atoms with Gasteiger partial charge in [0.15, 0.2) is 0 Å². The molecule has 1 heterocycles. The van der Waals surface area contributed by atoms with Crippen LogP contribution in [0, 0.1) is 23.7 Å². The van der Waals surface area contributed by atoms with E-state index in [9.17, 15) is 9.59 Å². The minimum Gasteiger partial charge on any atom is -0.494 e. The van der Waals surface area contributed by atoms with Crippen LogP contribution in [0.3, 0.4) is 0 Å². The van der Waals surface area contributed by atoms with Gasteiger partial charge in [0.05, 0.1) is 24.1 Å². The summed E-state index contributed by atoms with van der Waals surface area (Å²) in [5, 5.41) is 0. The molecule has 2 aliphatic carbocycles. The molecule has 1 saturated heterocycles. The number of hydrogen-bond donors (Lipinski definition) is 0. The number of unbranched alkanes of at least 4 members (excludes halogenated alkanes) is 3. The molecule has 4 heteroatoms. The van der Waals surface area contributed by atoms with Crippen molar-refractivity contribution in [3.05, 3.63) is 36.4 Å². The monoisotopic (exact) mass is 339 g/mol. The van der Waals surface area contributed by atoms with E-state index in [4.69, 9.17) is 4.74 Å². The maximum absolute atomic E-state index is 12.9.